The van der Waals surface area contributed by atoms with Gasteiger partial charge in [-0.15, -0.1) is 0 Å². The Morgan fingerprint density at radius 1 is 0.833 bits per heavy atom. The van der Waals surface area contributed by atoms with Crippen LogP contribution in [0.3, 0.4) is 0 Å². The second-order valence-electron chi connectivity index (χ2n) is 0.136. The Morgan fingerprint density at radius 2 is 1.00 bits per heavy atom. The second-order valence-corrected chi connectivity index (χ2v) is 3.67. The molecule has 0 saturated carbocycles. The molecule has 0 aromatic heterocycles. The molecule has 0 rings (SSSR count). The summed E-state index contributed by atoms with van der Waals surface area (Å²) in [6.45, 7) is 0. The topological polar surface area (TPSA) is 0 Å². The zero-order chi connectivity index (χ0) is 3.41. The molecule has 6 heteroatoms. The molecule has 0 radical (unpaired) electrons. The molecule has 26 valence electrons. The Hall–Kier alpha value is 2.59. The van der Waals surface area contributed by atoms with E-state index in [2.05, 4.69) is 23.3 Å². The van der Waals surface area contributed by atoms with E-state index < -0.39 is 0 Å². The van der Waals surface area contributed by atoms with Crippen molar-refractivity contribution in [2.75, 3.05) is 0 Å². The molecule has 0 aliphatic heterocycles. The quantitative estimate of drug-likeness (QED) is 0.205. The van der Waals surface area contributed by atoms with Crippen LogP contribution >= 0.6 is 19.7 Å². The molecule has 0 aromatic rings. The SMILES string of the molecule is [Li+].[Li+].[S-]SS[S-]. The summed E-state index contributed by atoms with van der Waals surface area (Å²) in [6.07, 6.45) is 0. The Morgan fingerprint density at radius 3 is 1.00 bits per heavy atom. The summed E-state index contributed by atoms with van der Waals surface area (Å²) in [5.41, 5.74) is 0. The van der Waals surface area contributed by atoms with Crippen LogP contribution < -0.4 is 37.7 Å². The second kappa shape index (κ2) is 15.6. The first-order valence-corrected chi connectivity index (χ1v) is 4.50. The maximum Gasteiger partial charge on any atom is 1.00 e. The molecule has 0 aromatic carbocycles. The van der Waals surface area contributed by atoms with Gasteiger partial charge in [-0.25, -0.2) is 0 Å². The molecule has 0 fully saturated rings. The molecule has 0 saturated heterocycles. The molecule has 6 heavy (non-hydrogen) atoms. The van der Waals surface area contributed by atoms with Crippen molar-refractivity contribution in [3.8, 4) is 0 Å². The Labute approximate surface area is 79.7 Å². The van der Waals surface area contributed by atoms with E-state index in [1.165, 1.54) is 19.7 Å². The fourth-order valence-corrected chi connectivity index (χ4v) is 0. The molecule has 0 bridgehead atoms. The maximum atomic E-state index is 4.33. The average molecular weight is 142 g/mol. The van der Waals surface area contributed by atoms with E-state index in [1.807, 2.05) is 0 Å². The van der Waals surface area contributed by atoms with Gasteiger partial charge in [0.15, 0.2) is 0 Å². The molecular formula is Li2S4. The van der Waals surface area contributed by atoms with Crippen molar-refractivity contribution in [2.45, 2.75) is 0 Å². The predicted octanol–water partition coefficient (Wildman–Crippen LogP) is -4.70. The summed E-state index contributed by atoms with van der Waals surface area (Å²) in [4.78, 5) is 0. The summed E-state index contributed by atoms with van der Waals surface area (Å²) in [5.74, 6) is 0. The predicted molar refractivity (Wildman–Crippen MR) is 29.9 cm³/mol. The van der Waals surface area contributed by atoms with Crippen LogP contribution in [0.5, 0.6) is 0 Å². The van der Waals surface area contributed by atoms with Gasteiger partial charge in [-0.2, -0.15) is 0 Å². The van der Waals surface area contributed by atoms with Crippen molar-refractivity contribution < 1.29 is 37.7 Å². The van der Waals surface area contributed by atoms with Crippen LogP contribution in [-0.2, 0) is 23.3 Å². The van der Waals surface area contributed by atoms with E-state index in [-0.39, 0.29) is 37.7 Å². The van der Waals surface area contributed by atoms with Crippen LogP contribution in [-0.4, -0.2) is 0 Å². The molecule has 0 amide bonds. The average Bonchev–Trinajstić information content (AvgIpc) is 1.37. The molecule has 0 nitrogen and oxygen atoms in total. The molecule has 0 heterocycles. The number of rotatable bonds is 1. The minimum absolute atomic E-state index is 0. The van der Waals surface area contributed by atoms with Crippen LogP contribution in [0, 0.1) is 0 Å². The molecular weight excluding hydrogens is 142 g/mol. The minimum Gasteiger partial charge on any atom is -0.709 e. The van der Waals surface area contributed by atoms with Gasteiger partial charge in [0.1, 0.15) is 0 Å². The molecule has 0 aliphatic carbocycles. The monoisotopic (exact) mass is 142 g/mol. The summed E-state index contributed by atoms with van der Waals surface area (Å²) < 4.78 is 0. The van der Waals surface area contributed by atoms with Crippen molar-refractivity contribution in [1.82, 2.24) is 0 Å². The fourth-order valence-electron chi connectivity index (χ4n) is 0. The molecule has 0 N–H and O–H groups in total. The van der Waals surface area contributed by atoms with E-state index in [0.29, 0.717) is 0 Å². The number of hydrogen-bond acceptors (Lipinski definition) is 4. The molecule has 0 unspecified atom stereocenters. The first-order valence-electron chi connectivity index (χ1n) is 0.500. The minimum atomic E-state index is 0. The zero-order valence-corrected chi connectivity index (χ0v) is 6.90. The Balaban J connectivity index is -0.0000000450. The van der Waals surface area contributed by atoms with Crippen molar-refractivity contribution >= 4 is 43.0 Å². The first-order chi connectivity index (χ1) is 1.91. The van der Waals surface area contributed by atoms with Gasteiger partial charge in [0.2, 0.25) is 0 Å². The maximum absolute atomic E-state index is 4.33. The van der Waals surface area contributed by atoms with E-state index >= 15 is 0 Å². The van der Waals surface area contributed by atoms with Crippen molar-refractivity contribution in [1.29, 1.82) is 0 Å². The standard InChI is InChI=1S/2Li.H2S4/c;;1-3-4-2/h;;1-2H/q2*+1;/p-2. The summed E-state index contributed by atoms with van der Waals surface area (Å²) in [6, 6.07) is 0. The molecule has 0 atom stereocenters. The van der Waals surface area contributed by atoms with Gasteiger partial charge in [0.25, 0.3) is 0 Å². The smallest absolute Gasteiger partial charge is 0.709 e. The summed E-state index contributed by atoms with van der Waals surface area (Å²) in [5, 5.41) is 0. The van der Waals surface area contributed by atoms with E-state index in [0.717, 1.165) is 0 Å². The van der Waals surface area contributed by atoms with Gasteiger partial charge in [-0.1, -0.05) is 0 Å². The van der Waals surface area contributed by atoms with Crippen LogP contribution in [0.4, 0.5) is 0 Å². The van der Waals surface area contributed by atoms with Gasteiger partial charge in [0.05, 0.1) is 0 Å². The van der Waals surface area contributed by atoms with E-state index in [1.54, 1.807) is 0 Å². The normalized spacial score (nSPS) is 5.00. The largest absolute Gasteiger partial charge is 1.00 e. The van der Waals surface area contributed by atoms with Crippen LogP contribution in [0.2, 0.25) is 0 Å². The van der Waals surface area contributed by atoms with Crippen LogP contribution in [0.25, 0.3) is 0 Å². The van der Waals surface area contributed by atoms with Gasteiger partial charge >= 0.3 is 37.7 Å². The van der Waals surface area contributed by atoms with Crippen molar-refractivity contribution in [3.05, 3.63) is 0 Å². The van der Waals surface area contributed by atoms with Crippen LogP contribution in [0.15, 0.2) is 0 Å². The van der Waals surface area contributed by atoms with Gasteiger partial charge in [-0.3, -0.25) is 19.7 Å². The third kappa shape index (κ3) is 16.0. The van der Waals surface area contributed by atoms with Gasteiger partial charge in [0, 0.05) is 0 Å². The van der Waals surface area contributed by atoms with Crippen molar-refractivity contribution in [3.63, 3.8) is 0 Å². The molecule has 0 spiro atoms. The van der Waals surface area contributed by atoms with Gasteiger partial charge < -0.3 is 23.3 Å². The summed E-state index contributed by atoms with van der Waals surface area (Å²) in [7, 11) is 2.34. The van der Waals surface area contributed by atoms with Crippen LogP contribution in [0.1, 0.15) is 0 Å². The van der Waals surface area contributed by atoms with E-state index in [9.17, 15) is 0 Å². The fraction of sp³-hybridized carbons (Fsp3) is 0. The van der Waals surface area contributed by atoms with E-state index in [4.69, 9.17) is 0 Å². The number of hydrogen-bond donors (Lipinski definition) is 0. The third-order valence-electron chi connectivity index (χ3n) is 0.0278. The third-order valence-corrected chi connectivity index (χ3v) is 2.25. The Bertz CT molecular complexity index is 7.51. The summed E-state index contributed by atoms with van der Waals surface area (Å²) >= 11 is 8.66. The zero-order valence-electron chi connectivity index (χ0n) is 3.63. The first kappa shape index (κ1) is 15.8. The molecule has 0 aliphatic rings. The van der Waals surface area contributed by atoms with Crippen molar-refractivity contribution in [2.24, 2.45) is 0 Å². The van der Waals surface area contributed by atoms with Gasteiger partial charge in [-0.05, 0) is 0 Å². The Kier molecular flexibility index (Phi) is 41.3.